The van der Waals surface area contributed by atoms with E-state index in [2.05, 4.69) is 10.4 Å². The zero-order chi connectivity index (χ0) is 13.2. The Labute approximate surface area is 110 Å². The number of aromatic nitrogens is 2. The summed E-state index contributed by atoms with van der Waals surface area (Å²) in [4.78, 5) is 11.6. The number of rotatable bonds is 4. The van der Waals surface area contributed by atoms with Gasteiger partial charge in [-0.3, -0.25) is 9.48 Å². The van der Waals surface area contributed by atoms with Gasteiger partial charge in [-0.2, -0.15) is 5.10 Å². The van der Waals surface area contributed by atoms with Crippen LogP contribution in [0.25, 0.3) is 0 Å². The smallest absolute Gasteiger partial charge is 0.222 e. The van der Waals surface area contributed by atoms with Crippen LogP contribution in [0, 0.1) is 0 Å². The zero-order valence-electron chi connectivity index (χ0n) is 9.67. The minimum atomic E-state index is -2.95. The lowest BCUT2D eigenvalue weighted by molar-refractivity contribution is -0.121. The molecule has 8 heteroatoms. The third kappa shape index (κ3) is 3.71. The van der Waals surface area contributed by atoms with E-state index in [9.17, 15) is 13.2 Å². The standard InChI is InChI=1S/C10H14ClN3O3S/c11-8-5-12-14(6-8)3-1-10(15)13-9-2-4-18(16,17)7-9/h5-6,9H,1-4,7H2,(H,13,15). The Morgan fingerprint density at radius 2 is 2.39 bits per heavy atom. The van der Waals surface area contributed by atoms with E-state index in [1.807, 2.05) is 0 Å². The molecule has 0 radical (unpaired) electrons. The van der Waals surface area contributed by atoms with Crippen molar-refractivity contribution in [1.29, 1.82) is 0 Å². The third-order valence-corrected chi connectivity index (χ3v) is 4.73. The molecule has 6 nitrogen and oxygen atoms in total. The highest BCUT2D eigenvalue weighted by molar-refractivity contribution is 7.91. The second-order valence-corrected chi connectivity index (χ2v) is 7.00. The quantitative estimate of drug-likeness (QED) is 0.861. The van der Waals surface area contributed by atoms with Crippen molar-refractivity contribution in [3.05, 3.63) is 17.4 Å². The van der Waals surface area contributed by atoms with Gasteiger partial charge >= 0.3 is 0 Å². The van der Waals surface area contributed by atoms with Crippen LogP contribution in [0.3, 0.4) is 0 Å². The molecule has 1 aliphatic heterocycles. The van der Waals surface area contributed by atoms with Gasteiger partial charge in [0.1, 0.15) is 0 Å². The van der Waals surface area contributed by atoms with Gasteiger partial charge < -0.3 is 5.32 Å². The summed E-state index contributed by atoms with van der Waals surface area (Å²) in [6, 6.07) is -0.247. The normalized spacial score (nSPS) is 21.9. The molecule has 0 aromatic carbocycles. The van der Waals surface area contributed by atoms with E-state index in [1.54, 1.807) is 10.9 Å². The van der Waals surface area contributed by atoms with Crippen LogP contribution in [0.1, 0.15) is 12.8 Å². The number of sulfone groups is 1. The van der Waals surface area contributed by atoms with Crippen molar-refractivity contribution in [2.45, 2.75) is 25.4 Å². The first-order valence-electron chi connectivity index (χ1n) is 5.62. The van der Waals surface area contributed by atoms with E-state index in [4.69, 9.17) is 11.6 Å². The van der Waals surface area contributed by atoms with E-state index < -0.39 is 9.84 Å². The monoisotopic (exact) mass is 291 g/mol. The largest absolute Gasteiger partial charge is 0.352 e. The summed E-state index contributed by atoms with van der Waals surface area (Å²) >= 11 is 5.69. The number of hydrogen-bond acceptors (Lipinski definition) is 4. The number of nitrogens with zero attached hydrogens (tertiary/aromatic N) is 2. The van der Waals surface area contributed by atoms with Crippen molar-refractivity contribution >= 4 is 27.3 Å². The molecule has 1 fully saturated rings. The van der Waals surface area contributed by atoms with Crippen molar-refractivity contribution in [2.75, 3.05) is 11.5 Å². The van der Waals surface area contributed by atoms with E-state index in [0.717, 1.165) is 0 Å². The fourth-order valence-corrected chi connectivity index (χ4v) is 3.72. The number of amides is 1. The molecular weight excluding hydrogens is 278 g/mol. The second-order valence-electron chi connectivity index (χ2n) is 4.34. The highest BCUT2D eigenvalue weighted by Crippen LogP contribution is 2.11. The highest BCUT2D eigenvalue weighted by atomic mass is 35.5. The predicted molar refractivity (Wildman–Crippen MR) is 67.1 cm³/mol. The van der Waals surface area contributed by atoms with Crippen LogP contribution in [0.4, 0.5) is 0 Å². The molecule has 1 atom stereocenters. The lowest BCUT2D eigenvalue weighted by Crippen LogP contribution is -2.36. The number of halogens is 1. The first-order valence-corrected chi connectivity index (χ1v) is 7.82. The number of carbonyl (C=O) groups excluding carboxylic acids is 1. The van der Waals surface area contributed by atoms with Gasteiger partial charge in [0.05, 0.1) is 22.7 Å². The molecule has 1 aromatic heterocycles. The molecule has 1 unspecified atom stereocenters. The van der Waals surface area contributed by atoms with Crippen LogP contribution in [-0.4, -0.2) is 41.7 Å². The van der Waals surface area contributed by atoms with E-state index in [0.29, 0.717) is 18.0 Å². The Hall–Kier alpha value is -1.08. The zero-order valence-corrected chi connectivity index (χ0v) is 11.2. The first kappa shape index (κ1) is 13.4. The number of hydrogen-bond donors (Lipinski definition) is 1. The number of aryl methyl sites for hydroxylation is 1. The van der Waals surface area contributed by atoms with E-state index >= 15 is 0 Å². The predicted octanol–water partition coefficient (Wildman–Crippen LogP) is 0.230. The maximum Gasteiger partial charge on any atom is 0.222 e. The average molecular weight is 292 g/mol. The summed E-state index contributed by atoms with van der Waals surface area (Å²) in [7, 11) is -2.95. The molecule has 1 amide bonds. The molecule has 0 spiro atoms. The van der Waals surface area contributed by atoms with Gasteiger partial charge in [0.2, 0.25) is 5.91 Å². The lowest BCUT2D eigenvalue weighted by atomic mass is 10.2. The Kier molecular flexibility index (Phi) is 3.91. The lowest BCUT2D eigenvalue weighted by Gasteiger charge is -2.10. The van der Waals surface area contributed by atoms with Gasteiger partial charge in [0, 0.05) is 25.2 Å². The van der Waals surface area contributed by atoms with Crippen LogP contribution >= 0.6 is 11.6 Å². The van der Waals surface area contributed by atoms with Crippen molar-refractivity contribution < 1.29 is 13.2 Å². The minimum Gasteiger partial charge on any atom is -0.352 e. The molecular formula is C10H14ClN3O3S. The second kappa shape index (κ2) is 5.27. The highest BCUT2D eigenvalue weighted by Gasteiger charge is 2.28. The molecule has 0 bridgehead atoms. The van der Waals surface area contributed by atoms with Crippen molar-refractivity contribution in [1.82, 2.24) is 15.1 Å². The van der Waals surface area contributed by atoms with Crippen LogP contribution in [0.5, 0.6) is 0 Å². The van der Waals surface area contributed by atoms with Gasteiger partial charge in [-0.25, -0.2) is 8.42 Å². The molecule has 2 heterocycles. The number of nitrogens with one attached hydrogen (secondary N) is 1. The minimum absolute atomic E-state index is 0.0480. The number of carbonyl (C=O) groups is 1. The maximum absolute atomic E-state index is 11.6. The fourth-order valence-electron chi connectivity index (χ4n) is 1.89. The Balaban J connectivity index is 1.76. The molecule has 1 aromatic rings. The van der Waals surface area contributed by atoms with Crippen LogP contribution in [0.2, 0.25) is 5.02 Å². The van der Waals surface area contributed by atoms with Crippen molar-refractivity contribution in [3.63, 3.8) is 0 Å². The van der Waals surface area contributed by atoms with Crippen molar-refractivity contribution in [3.8, 4) is 0 Å². The van der Waals surface area contributed by atoms with Crippen LogP contribution in [-0.2, 0) is 21.2 Å². The third-order valence-electron chi connectivity index (χ3n) is 2.77. The Bertz CT molecular complexity index is 540. The van der Waals surface area contributed by atoms with Gasteiger partial charge in [0.25, 0.3) is 0 Å². The van der Waals surface area contributed by atoms with Crippen molar-refractivity contribution in [2.24, 2.45) is 0 Å². The fraction of sp³-hybridized carbons (Fsp3) is 0.600. The first-order chi connectivity index (χ1) is 8.44. The van der Waals surface area contributed by atoms with Crippen LogP contribution in [0.15, 0.2) is 12.4 Å². The average Bonchev–Trinajstić information content (AvgIpc) is 2.82. The summed E-state index contributed by atoms with van der Waals surface area (Å²) < 4.78 is 24.0. The summed E-state index contributed by atoms with van der Waals surface area (Å²) in [5.74, 6) is 0.0442. The molecule has 0 aliphatic carbocycles. The van der Waals surface area contributed by atoms with Gasteiger partial charge in [-0.05, 0) is 6.42 Å². The SMILES string of the molecule is O=C(CCn1cc(Cl)cn1)NC1CCS(=O)(=O)C1. The van der Waals surface area contributed by atoms with E-state index in [-0.39, 0.29) is 29.9 Å². The van der Waals surface area contributed by atoms with Gasteiger partial charge in [-0.15, -0.1) is 0 Å². The molecule has 1 saturated heterocycles. The van der Waals surface area contributed by atoms with Gasteiger partial charge in [0.15, 0.2) is 9.84 Å². The van der Waals surface area contributed by atoms with E-state index in [1.165, 1.54) is 6.20 Å². The molecule has 1 N–H and O–H groups in total. The molecule has 0 saturated carbocycles. The summed E-state index contributed by atoms with van der Waals surface area (Å²) in [6.45, 7) is 0.429. The summed E-state index contributed by atoms with van der Waals surface area (Å²) in [6.07, 6.45) is 3.90. The Morgan fingerprint density at radius 3 is 2.94 bits per heavy atom. The Morgan fingerprint density at radius 1 is 1.61 bits per heavy atom. The van der Waals surface area contributed by atoms with Crippen LogP contribution < -0.4 is 5.32 Å². The molecule has 100 valence electrons. The van der Waals surface area contributed by atoms with Gasteiger partial charge in [-0.1, -0.05) is 11.6 Å². The molecule has 2 rings (SSSR count). The molecule has 1 aliphatic rings. The topological polar surface area (TPSA) is 81.1 Å². The summed E-state index contributed by atoms with van der Waals surface area (Å²) in [5.41, 5.74) is 0. The molecule has 18 heavy (non-hydrogen) atoms. The summed E-state index contributed by atoms with van der Waals surface area (Å²) in [5, 5.41) is 7.20. The maximum atomic E-state index is 11.6.